The lowest BCUT2D eigenvalue weighted by atomic mass is 9.89. The van der Waals surface area contributed by atoms with E-state index in [1.807, 2.05) is 13.1 Å². The van der Waals surface area contributed by atoms with Crippen molar-refractivity contribution in [3.63, 3.8) is 0 Å². The number of carbonyl (C=O) groups excluding carboxylic acids is 2. The van der Waals surface area contributed by atoms with Gasteiger partial charge in [0.05, 0.1) is 17.6 Å². The van der Waals surface area contributed by atoms with Crippen LogP contribution in [0.3, 0.4) is 0 Å². The van der Waals surface area contributed by atoms with E-state index < -0.39 is 0 Å². The third kappa shape index (κ3) is 1.85. The lowest BCUT2D eigenvalue weighted by molar-refractivity contribution is -0.134. The van der Waals surface area contributed by atoms with Crippen LogP contribution in [0.5, 0.6) is 0 Å². The van der Waals surface area contributed by atoms with E-state index in [9.17, 15) is 9.59 Å². The second-order valence-corrected chi connectivity index (χ2v) is 4.81. The Morgan fingerprint density at radius 2 is 2.21 bits per heavy atom. The summed E-state index contributed by atoms with van der Waals surface area (Å²) >= 11 is 0. The lowest BCUT2D eigenvalue weighted by Gasteiger charge is -2.21. The van der Waals surface area contributed by atoms with Crippen molar-refractivity contribution < 1.29 is 9.59 Å². The van der Waals surface area contributed by atoms with Gasteiger partial charge in [0.1, 0.15) is 0 Å². The summed E-state index contributed by atoms with van der Waals surface area (Å²) in [5.74, 6) is -0.785. The molecule has 0 radical (unpaired) electrons. The van der Waals surface area contributed by atoms with Crippen LogP contribution >= 0.6 is 0 Å². The Labute approximate surface area is 109 Å². The Balaban J connectivity index is 2.07. The van der Waals surface area contributed by atoms with Crippen molar-refractivity contribution in [2.45, 2.75) is 18.8 Å². The Hall–Kier alpha value is -2.37. The highest BCUT2D eigenvalue weighted by Gasteiger charge is 2.28. The van der Waals surface area contributed by atoms with Gasteiger partial charge in [0.25, 0.3) is 0 Å². The molecule has 2 heterocycles. The first kappa shape index (κ1) is 11.7. The van der Waals surface area contributed by atoms with Crippen molar-refractivity contribution in [3.05, 3.63) is 23.9 Å². The summed E-state index contributed by atoms with van der Waals surface area (Å²) in [6, 6.07) is 3.71. The van der Waals surface area contributed by atoms with Crippen molar-refractivity contribution in [2.75, 3.05) is 5.73 Å². The monoisotopic (exact) mass is 258 g/mol. The third-order valence-electron chi connectivity index (χ3n) is 3.56. The van der Waals surface area contributed by atoms with E-state index in [1.165, 1.54) is 0 Å². The highest BCUT2D eigenvalue weighted by atomic mass is 16.2. The average Bonchev–Trinajstić information content (AvgIpc) is 2.72. The van der Waals surface area contributed by atoms with E-state index in [1.54, 1.807) is 16.9 Å². The van der Waals surface area contributed by atoms with Crippen LogP contribution in [0.15, 0.2) is 18.3 Å². The molecule has 3 rings (SSSR count). The Morgan fingerprint density at radius 3 is 2.95 bits per heavy atom. The highest BCUT2D eigenvalue weighted by molar-refractivity contribution is 6.02. The number of anilines is 1. The molecule has 3 N–H and O–H groups in total. The largest absolute Gasteiger partial charge is 0.398 e. The number of amides is 2. The summed E-state index contributed by atoms with van der Waals surface area (Å²) in [6.45, 7) is 0. The predicted molar refractivity (Wildman–Crippen MR) is 70.3 cm³/mol. The SMILES string of the molecule is Cn1ncc2c(N)cc(C3CCC(=O)NC3=O)cc21. The Morgan fingerprint density at radius 1 is 1.42 bits per heavy atom. The summed E-state index contributed by atoms with van der Waals surface area (Å²) in [5, 5.41) is 7.39. The van der Waals surface area contributed by atoms with Gasteiger partial charge in [-0.15, -0.1) is 0 Å². The molecule has 1 fully saturated rings. The van der Waals surface area contributed by atoms with E-state index in [0.29, 0.717) is 18.5 Å². The maximum absolute atomic E-state index is 11.9. The number of hydrogen-bond acceptors (Lipinski definition) is 4. The second kappa shape index (κ2) is 4.08. The van der Waals surface area contributed by atoms with E-state index in [4.69, 9.17) is 5.73 Å². The van der Waals surface area contributed by atoms with Crippen LogP contribution in [-0.4, -0.2) is 21.6 Å². The van der Waals surface area contributed by atoms with E-state index in [0.717, 1.165) is 16.5 Å². The molecule has 19 heavy (non-hydrogen) atoms. The molecular weight excluding hydrogens is 244 g/mol. The van der Waals surface area contributed by atoms with Crippen LogP contribution in [0.4, 0.5) is 5.69 Å². The summed E-state index contributed by atoms with van der Waals surface area (Å²) in [5.41, 5.74) is 8.32. The van der Waals surface area contributed by atoms with Crippen LogP contribution in [0.1, 0.15) is 24.3 Å². The zero-order valence-electron chi connectivity index (χ0n) is 10.5. The molecule has 2 amide bonds. The van der Waals surface area contributed by atoms with E-state index >= 15 is 0 Å². The highest BCUT2D eigenvalue weighted by Crippen LogP contribution is 2.30. The van der Waals surface area contributed by atoms with Crippen molar-refractivity contribution in [3.8, 4) is 0 Å². The third-order valence-corrected chi connectivity index (χ3v) is 3.56. The molecule has 1 aliphatic rings. The number of aryl methyl sites for hydroxylation is 1. The van der Waals surface area contributed by atoms with Gasteiger partial charge >= 0.3 is 0 Å². The molecule has 6 nitrogen and oxygen atoms in total. The predicted octanol–water partition coefficient (Wildman–Crippen LogP) is 0.676. The maximum atomic E-state index is 11.9. The van der Waals surface area contributed by atoms with Crippen LogP contribution in [0.25, 0.3) is 10.9 Å². The van der Waals surface area contributed by atoms with Crippen molar-refractivity contribution in [2.24, 2.45) is 7.05 Å². The summed E-state index contributed by atoms with van der Waals surface area (Å²) in [6.07, 6.45) is 2.59. The van der Waals surface area contributed by atoms with E-state index in [-0.39, 0.29) is 17.7 Å². The van der Waals surface area contributed by atoms with Gasteiger partial charge in [-0.1, -0.05) is 0 Å². The summed E-state index contributed by atoms with van der Waals surface area (Å²) in [7, 11) is 1.83. The fraction of sp³-hybridized carbons (Fsp3) is 0.308. The standard InChI is InChI=1S/C13H14N4O2/c1-17-11-5-7(4-10(14)9(11)6-15-17)8-2-3-12(18)16-13(8)19/h4-6,8H,2-3,14H2,1H3,(H,16,18,19). The number of nitrogens with two attached hydrogens (primary N) is 1. The van der Waals surface area contributed by atoms with Crippen LogP contribution in [0.2, 0.25) is 0 Å². The number of aromatic nitrogens is 2. The number of imide groups is 1. The zero-order chi connectivity index (χ0) is 13.6. The molecule has 1 unspecified atom stereocenters. The number of nitrogen functional groups attached to an aromatic ring is 1. The van der Waals surface area contributed by atoms with Gasteiger partial charge in [0, 0.05) is 24.5 Å². The average molecular weight is 258 g/mol. The molecule has 0 saturated carbocycles. The molecule has 2 aromatic rings. The smallest absolute Gasteiger partial charge is 0.234 e. The molecule has 0 aliphatic carbocycles. The Bertz CT molecular complexity index is 689. The second-order valence-electron chi connectivity index (χ2n) is 4.81. The summed E-state index contributed by atoms with van der Waals surface area (Å²) in [4.78, 5) is 23.1. The van der Waals surface area contributed by atoms with Crippen molar-refractivity contribution in [1.29, 1.82) is 0 Å². The van der Waals surface area contributed by atoms with Crippen LogP contribution in [-0.2, 0) is 16.6 Å². The fourth-order valence-corrected chi connectivity index (χ4v) is 2.51. The molecular formula is C13H14N4O2. The zero-order valence-corrected chi connectivity index (χ0v) is 10.5. The molecule has 6 heteroatoms. The van der Waals surface area contributed by atoms with E-state index in [2.05, 4.69) is 10.4 Å². The normalized spacial score (nSPS) is 19.7. The number of hydrogen-bond donors (Lipinski definition) is 2. The molecule has 98 valence electrons. The van der Waals surface area contributed by atoms with Gasteiger partial charge in [-0.3, -0.25) is 19.6 Å². The topological polar surface area (TPSA) is 90.0 Å². The molecule has 0 spiro atoms. The molecule has 1 atom stereocenters. The molecule has 1 aromatic heterocycles. The number of benzene rings is 1. The number of rotatable bonds is 1. The number of fused-ring (bicyclic) bond motifs is 1. The molecule has 0 bridgehead atoms. The lowest BCUT2D eigenvalue weighted by Crippen LogP contribution is -2.39. The number of nitrogens with one attached hydrogen (secondary N) is 1. The van der Waals surface area contributed by atoms with Crippen molar-refractivity contribution >= 4 is 28.4 Å². The molecule has 1 aromatic carbocycles. The van der Waals surface area contributed by atoms with Gasteiger partial charge < -0.3 is 5.73 Å². The Kier molecular flexibility index (Phi) is 2.51. The minimum absolute atomic E-state index is 0.212. The first-order valence-corrected chi connectivity index (χ1v) is 6.11. The first-order chi connectivity index (χ1) is 9.06. The van der Waals surface area contributed by atoms with Crippen LogP contribution in [0, 0.1) is 0 Å². The minimum Gasteiger partial charge on any atom is -0.398 e. The number of piperidine rings is 1. The first-order valence-electron chi connectivity index (χ1n) is 6.11. The molecule has 1 aliphatic heterocycles. The van der Waals surface area contributed by atoms with Gasteiger partial charge in [-0.05, 0) is 24.1 Å². The number of nitrogens with zero attached hydrogens (tertiary/aromatic N) is 2. The van der Waals surface area contributed by atoms with Gasteiger partial charge in [-0.2, -0.15) is 5.10 Å². The summed E-state index contributed by atoms with van der Waals surface area (Å²) < 4.78 is 1.72. The van der Waals surface area contributed by atoms with Crippen LogP contribution < -0.4 is 11.1 Å². The van der Waals surface area contributed by atoms with Gasteiger partial charge in [-0.25, -0.2) is 0 Å². The maximum Gasteiger partial charge on any atom is 0.234 e. The molecule has 1 saturated heterocycles. The fourth-order valence-electron chi connectivity index (χ4n) is 2.51. The van der Waals surface area contributed by atoms with Crippen molar-refractivity contribution in [1.82, 2.24) is 15.1 Å². The van der Waals surface area contributed by atoms with Gasteiger partial charge in [0.2, 0.25) is 11.8 Å². The minimum atomic E-state index is -0.320. The number of carbonyl (C=O) groups is 2. The van der Waals surface area contributed by atoms with Gasteiger partial charge in [0.15, 0.2) is 0 Å². The quantitative estimate of drug-likeness (QED) is 0.581.